The molecule has 1 aliphatic carbocycles. The van der Waals surface area contributed by atoms with Crippen LogP contribution in [0.1, 0.15) is 18.1 Å². The van der Waals surface area contributed by atoms with E-state index in [2.05, 4.69) is 9.88 Å². The lowest BCUT2D eigenvalue weighted by Gasteiger charge is -2.35. The molecule has 2 atom stereocenters. The van der Waals surface area contributed by atoms with Crippen molar-refractivity contribution in [1.82, 2.24) is 14.5 Å². The Bertz CT molecular complexity index is 656. The van der Waals surface area contributed by atoms with Gasteiger partial charge in [0.1, 0.15) is 5.76 Å². The van der Waals surface area contributed by atoms with E-state index in [0.29, 0.717) is 0 Å². The molecule has 0 unspecified atom stereocenters. The molecule has 0 bridgehead atoms. The van der Waals surface area contributed by atoms with Crippen LogP contribution >= 0.6 is 0 Å². The number of furan rings is 1. The molecule has 3 heterocycles. The highest BCUT2D eigenvalue weighted by Gasteiger charge is 2.47. The van der Waals surface area contributed by atoms with Crippen LogP contribution in [0.4, 0.5) is 5.95 Å². The Balaban J connectivity index is 1.34. The molecule has 0 N–H and O–H groups in total. The molecule has 22 heavy (non-hydrogen) atoms. The van der Waals surface area contributed by atoms with Crippen LogP contribution in [-0.4, -0.2) is 46.5 Å². The lowest BCUT2D eigenvalue weighted by molar-refractivity contribution is -0.133. The zero-order valence-corrected chi connectivity index (χ0v) is 12.7. The van der Waals surface area contributed by atoms with Crippen LogP contribution in [0.5, 0.6) is 0 Å². The van der Waals surface area contributed by atoms with Gasteiger partial charge in [0.15, 0.2) is 0 Å². The van der Waals surface area contributed by atoms with Crippen LogP contribution in [0.25, 0.3) is 0 Å². The average Bonchev–Trinajstić information content (AvgIpc) is 2.95. The second-order valence-corrected chi connectivity index (χ2v) is 6.11. The summed E-state index contributed by atoms with van der Waals surface area (Å²) >= 11 is 0. The Kier molecular flexibility index (Phi) is 3.17. The number of piperazine rings is 1. The van der Waals surface area contributed by atoms with Gasteiger partial charge < -0.3 is 18.8 Å². The quantitative estimate of drug-likeness (QED) is 0.861. The molecular weight excluding hydrogens is 280 g/mol. The van der Waals surface area contributed by atoms with Crippen molar-refractivity contribution in [3.63, 3.8) is 0 Å². The number of rotatable bonds is 3. The SMILES string of the molecule is Cn1ccnc1N1CCN(C(=O)[C@@H]2C[C@H]2c2ccco2)CC1. The number of carbonyl (C=O) groups is 1. The Morgan fingerprint density at radius 1 is 1.32 bits per heavy atom. The van der Waals surface area contributed by atoms with Gasteiger partial charge in [-0.1, -0.05) is 0 Å². The minimum absolute atomic E-state index is 0.117. The van der Waals surface area contributed by atoms with Crippen LogP contribution in [0.15, 0.2) is 35.2 Å². The Morgan fingerprint density at radius 3 is 2.77 bits per heavy atom. The van der Waals surface area contributed by atoms with Crippen molar-refractivity contribution in [2.75, 3.05) is 31.1 Å². The Labute approximate surface area is 129 Å². The van der Waals surface area contributed by atoms with Crippen molar-refractivity contribution in [3.05, 3.63) is 36.5 Å². The van der Waals surface area contributed by atoms with Crippen molar-refractivity contribution in [2.45, 2.75) is 12.3 Å². The molecule has 0 radical (unpaired) electrons. The van der Waals surface area contributed by atoms with Gasteiger partial charge >= 0.3 is 0 Å². The predicted octanol–water partition coefficient (Wildman–Crippen LogP) is 1.47. The summed E-state index contributed by atoms with van der Waals surface area (Å²) in [6, 6.07) is 3.86. The fourth-order valence-corrected chi connectivity index (χ4v) is 3.31. The smallest absolute Gasteiger partial charge is 0.226 e. The first kappa shape index (κ1) is 13.4. The minimum atomic E-state index is 0.117. The Morgan fingerprint density at radius 2 is 2.14 bits per heavy atom. The van der Waals surface area contributed by atoms with Gasteiger partial charge in [-0.2, -0.15) is 0 Å². The van der Waals surface area contributed by atoms with Gasteiger partial charge in [0.2, 0.25) is 11.9 Å². The molecule has 1 amide bonds. The maximum absolute atomic E-state index is 12.6. The van der Waals surface area contributed by atoms with Gasteiger partial charge in [0.25, 0.3) is 0 Å². The average molecular weight is 300 g/mol. The van der Waals surface area contributed by atoms with Crippen molar-refractivity contribution in [2.24, 2.45) is 13.0 Å². The number of hydrogen-bond donors (Lipinski definition) is 0. The number of aryl methyl sites for hydroxylation is 1. The zero-order chi connectivity index (χ0) is 15.1. The van der Waals surface area contributed by atoms with Crippen molar-refractivity contribution in [1.29, 1.82) is 0 Å². The lowest BCUT2D eigenvalue weighted by atomic mass is 10.2. The summed E-state index contributed by atoms with van der Waals surface area (Å²) in [5.74, 6) is 2.61. The number of amides is 1. The van der Waals surface area contributed by atoms with Gasteiger partial charge in [-0.05, 0) is 18.6 Å². The fourth-order valence-electron chi connectivity index (χ4n) is 3.31. The lowest BCUT2D eigenvalue weighted by Crippen LogP contribution is -2.50. The number of anilines is 1. The molecule has 1 aliphatic heterocycles. The summed E-state index contributed by atoms with van der Waals surface area (Å²) in [6.45, 7) is 3.23. The van der Waals surface area contributed by atoms with Gasteiger partial charge in [-0.25, -0.2) is 4.98 Å². The summed E-state index contributed by atoms with van der Waals surface area (Å²) in [5, 5.41) is 0. The third kappa shape index (κ3) is 2.28. The topological polar surface area (TPSA) is 54.5 Å². The van der Waals surface area contributed by atoms with Crippen LogP contribution in [-0.2, 0) is 11.8 Å². The first-order valence-corrected chi connectivity index (χ1v) is 7.78. The highest BCUT2D eigenvalue weighted by atomic mass is 16.3. The van der Waals surface area contributed by atoms with E-state index in [4.69, 9.17) is 4.42 Å². The van der Waals surface area contributed by atoms with E-state index in [0.717, 1.165) is 44.3 Å². The maximum Gasteiger partial charge on any atom is 0.226 e. The molecular formula is C16H20N4O2. The number of carbonyl (C=O) groups excluding carboxylic acids is 1. The molecule has 4 rings (SSSR count). The van der Waals surface area contributed by atoms with Gasteiger partial charge in [-0.3, -0.25) is 4.79 Å². The minimum Gasteiger partial charge on any atom is -0.469 e. The third-order valence-corrected chi connectivity index (χ3v) is 4.69. The molecule has 2 fully saturated rings. The zero-order valence-electron chi connectivity index (χ0n) is 12.7. The summed E-state index contributed by atoms with van der Waals surface area (Å²) < 4.78 is 7.43. The van der Waals surface area contributed by atoms with E-state index in [-0.39, 0.29) is 17.7 Å². The van der Waals surface area contributed by atoms with Crippen LogP contribution in [0, 0.1) is 5.92 Å². The monoisotopic (exact) mass is 300 g/mol. The molecule has 6 nitrogen and oxygen atoms in total. The van der Waals surface area contributed by atoms with E-state index < -0.39 is 0 Å². The van der Waals surface area contributed by atoms with Crippen LogP contribution < -0.4 is 4.90 Å². The molecule has 2 aliphatic rings. The largest absolute Gasteiger partial charge is 0.469 e. The van der Waals surface area contributed by atoms with Crippen LogP contribution in [0.3, 0.4) is 0 Å². The number of aromatic nitrogens is 2. The molecule has 2 aromatic rings. The van der Waals surface area contributed by atoms with Crippen molar-refractivity contribution < 1.29 is 9.21 Å². The number of imidazole rings is 1. The Hall–Kier alpha value is -2.24. The maximum atomic E-state index is 12.6. The van der Waals surface area contributed by atoms with Gasteiger partial charge in [0.05, 0.1) is 6.26 Å². The number of nitrogens with zero attached hydrogens (tertiary/aromatic N) is 4. The summed E-state index contributed by atoms with van der Waals surface area (Å²) in [4.78, 5) is 21.2. The van der Waals surface area contributed by atoms with E-state index in [1.165, 1.54) is 0 Å². The van der Waals surface area contributed by atoms with E-state index in [9.17, 15) is 4.79 Å². The molecule has 116 valence electrons. The molecule has 2 aromatic heterocycles. The summed E-state index contributed by atoms with van der Waals surface area (Å²) in [6.07, 6.45) is 6.36. The molecule has 1 saturated carbocycles. The first-order chi connectivity index (χ1) is 10.7. The fraction of sp³-hybridized carbons (Fsp3) is 0.500. The standard InChI is InChI=1S/C16H20N4O2/c1-18-5-4-17-16(18)20-8-6-19(7-9-20)15(21)13-11-12(13)14-3-2-10-22-14/h2-5,10,12-13H,6-9,11H2,1H3/t12-,13-/m1/s1. The molecule has 6 heteroatoms. The molecule has 0 spiro atoms. The van der Waals surface area contributed by atoms with Crippen molar-refractivity contribution >= 4 is 11.9 Å². The second-order valence-electron chi connectivity index (χ2n) is 6.11. The number of hydrogen-bond acceptors (Lipinski definition) is 4. The van der Waals surface area contributed by atoms with E-state index in [1.54, 1.807) is 6.26 Å². The molecule has 0 aromatic carbocycles. The summed E-state index contributed by atoms with van der Waals surface area (Å²) in [5.41, 5.74) is 0. The predicted molar refractivity (Wildman–Crippen MR) is 81.6 cm³/mol. The normalized spacial score (nSPS) is 24.6. The van der Waals surface area contributed by atoms with Gasteiger partial charge in [0, 0.05) is 57.5 Å². The third-order valence-electron chi connectivity index (χ3n) is 4.69. The molecule has 1 saturated heterocycles. The van der Waals surface area contributed by atoms with Crippen molar-refractivity contribution in [3.8, 4) is 0 Å². The van der Waals surface area contributed by atoms with E-state index >= 15 is 0 Å². The van der Waals surface area contributed by atoms with Gasteiger partial charge in [-0.15, -0.1) is 0 Å². The van der Waals surface area contributed by atoms with E-state index in [1.807, 2.05) is 41.0 Å². The van der Waals surface area contributed by atoms with Crippen LogP contribution in [0.2, 0.25) is 0 Å². The summed E-state index contributed by atoms with van der Waals surface area (Å²) in [7, 11) is 2.00. The second kappa shape index (κ2) is 5.19. The first-order valence-electron chi connectivity index (χ1n) is 7.78. The highest BCUT2D eigenvalue weighted by molar-refractivity contribution is 5.83. The highest BCUT2D eigenvalue weighted by Crippen LogP contribution is 2.48.